The molecular formula is C58H111O9P. The van der Waals surface area contributed by atoms with Gasteiger partial charge in [-0.05, 0) is 70.6 Å². The molecule has 0 aromatic carbocycles. The third-order valence-corrected chi connectivity index (χ3v) is 13.7. The van der Waals surface area contributed by atoms with Gasteiger partial charge < -0.3 is 24.6 Å². The Kier molecular flexibility index (Phi) is 53.9. The topological polar surface area (TPSA) is 132 Å². The van der Waals surface area contributed by atoms with E-state index < -0.39 is 33.2 Å². The third kappa shape index (κ3) is 54.0. The lowest BCUT2D eigenvalue weighted by Crippen LogP contribution is -2.29. The zero-order chi connectivity index (χ0) is 49.5. The summed E-state index contributed by atoms with van der Waals surface area (Å²) < 4.78 is 33.6. The van der Waals surface area contributed by atoms with Gasteiger partial charge in [0.15, 0.2) is 0 Å². The first kappa shape index (κ1) is 66.7. The molecule has 0 amide bonds. The number of hydrogen-bond donors (Lipinski definition) is 3. The van der Waals surface area contributed by atoms with Crippen LogP contribution in [0.2, 0.25) is 0 Å². The molecule has 0 spiro atoms. The maximum atomic E-state index is 12.7. The smallest absolute Gasteiger partial charge is 0.457 e. The lowest BCUT2D eigenvalue weighted by Gasteiger charge is -2.20. The molecule has 0 radical (unpaired) electrons. The van der Waals surface area contributed by atoms with E-state index in [1.54, 1.807) is 0 Å². The Labute approximate surface area is 420 Å². The van der Waals surface area contributed by atoms with Gasteiger partial charge in [0, 0.05) is 13.0 Å². The van der Waals surface area contributed by atoms with Gasteiger partial charge >= 0.3 is 13.8 Å². The fourth-order valence-electron chi connectivity index (χ4n) is 8.38. The summed E-state index contributed by atoms with van der Waals surface area (Å²) >= 11 is 0. The van der Waals surface area contributed by atoms with Crippen LogP contribution in [0.4, 0.5) is 0 Å². The summed E-state index contributed by atoms with van der Waals surface area (Å²) in [4.78, 5) is 22.8. The van der Waals surface area contributed by atoms with Crippen molar-refractivity contribution >= 4 is 13.8 Å². The Balaban J connectivity index is 3.99. The zero-order valence-electron chi connectivity index (χ0n) is 44.6. The summed E-state index contributed by atoms with van der Waals surface area (Å²) in [6, 6.07) is 0. The second-order valence-corrected chi connectivity index (χ2v) is 21.1. The second-order valence-electron chi connectivity index (χ2n) is 19.7. The molecule has 0 fully saturated rings. The summed E-state index contributed by atoms with van der Waals surface area (Å²) in [5.74, 6) is -0.380. The number of esters is 1. The van der Waals surface area contributed by atoms with Crippen LogP contribution < -0.4 is 0 Å². The Morgan fingerprint density at radius 2 is 0.794 bits per heavy atom. The number of carbonyl (C=O) groups excluding carboxylic acids is 1. The molecule has 10 heteroatoms. The van der Waals surface area contributed by atoms with Crippen LogP contribution in [-0.4, -0.2) is 66.3 Å². The van der Waals surface area contributed by atoms with E-state index in [4.69, 9.17) is 23.6 Å². The van der Waals surface area contributed by atoms with E-state index in [2.05, 4.69) is 50.3 Å². The fraction of sp³-hybridized carbons (Fsp3) is 0.879. The van der Waals surface area contributed by atoms with Gasteiger partial charge in [0.05, 0.1) is 26.4 Å². The van der Waals surface area contributed by atoms with Gasteiger partial charge in [0.2, 0.25) is 0 Å². The van der Waals surface area contributed by atoms with Crippen molar-refractivity contribution in [2.75, 3.05) is 33.0 Å². The maximum Gasteiger partial charge on any atom is 0.472 e. The number of unbranched alkanes of at least 4 members (excludes halogenated alkanes) is 36. The fourth-order valence-corrected chi connectivity index (χ4v) is 9.17. The standard InChI is InChI=1S/C58H111O9P/c1-3-5-7-9-11-13-15-17-19-21-23-25-27-29-31-33-35-37-39-41-43-45-47-49-51-64-54-57(55-66-68(62,63)65-53-56(60)52-59)67-58(61)50-48-46-44-42-40-38-36-34-32-30-28-26-24-22-20-18-16-14-12-10-8-6-4-2/h16,18,21-24,56-57,59-60H,3-15,17,19-20,25-55H2,1-2H3,(H,62,63)/b18-16-,23-21-,24-22-. The number of aliphatic hydroxyl groups excluding tert-OH is 2. The van der Waals surface area contributed by atoms with E-state index in [0.717, 1.165) is 38.5 Å². The molecule has 0 bridgehead atoms. The molecule has 0 rings (SSSR count). The molecule has 402 valence electrons. The first-order valence-corrected chi connectivity index (χ1v) is 30.5. The van der Waals surface area contributed by atoms with Crippen LogP contribution in [-0.2, 0) is 27.9 Å². The summed E-state index contributed by atoms with van der Waals surface area (Å²) in [6.07, 6.45) is 64.1. The highest BCUT2D eigenvalue weighted by atomic mass is 31.2. The number of carbonyl (C=O) groups is 1. The van der Waals surface area contributed by atoms with Crippen LogP contribution >= 0.6 is 7.82 Å². The lowest BCUT2D eigenvalue weighted by molar-refractivity contribution is -0.154. The molecule has 3 atom stereocenters. The molecule has 0 heterocycles. The van der Waals surface area contributed by atoms with Crippen molar-refractivity contribution in [2.45, 2.75) is 296 Å². The molecule has 0 aliphatic heterocycles. The monoisotopic (exact) mass is 983 g/mol. The number of ether oxygens (including phenoxy) is 2. The quantitative estimate of drug-likeness (QED) is 0.0236. The maximum absolute atomic E-state index is 12.7. The predicted molar refractivity (Wildman–Crippen MR) is 288 cm³/mol. The number of phosphoric ester groups is 1. The average molecular weight is 983 g/mol. The minimum Gasteiger partial charge on any atom is -0.457 e. The Morgan fingerprint density at radius 3 is 1.19 bits per heavy atom. The van der Waals surface area contributed by atoms with Crippen molar-refractivity contribution in [1.29, 1.82) is 0 Å². The molecule has 68 heavy (non-hydrogen) atoms. The van der Waals surface area contributed by atoms with Crippen molar-refractivity contribution in [3.05, 3.63) is 36.5 Å². The van der Waals surface area contributed by atoms with Crippen molar-refractivity contribution in [2.24, 2.45) is 0 Å². The van der Waals surface area contributed by atoms with E-state index in [1.807, 2.05) is 0 Å². The first-order valence-electron chi connectivity index (χ1n) is 29.0. The van der Waals surface area contributed by atoms with E-state index in [9.17, 15) is 19.4 Å². The van der Waals surface area contributed by atoms with Crippen LogP contribution in [0.5, 0.6) is 0 Å². The van der Waals surface area contributed by atoms with Crippen molar-refractivity contribution < 1.29 is 43.0 Å². The van der Waals surface area contributed by atoms with Crippen LogP contribution in [0, 0.1) is 0 Å². The molecule has 0 saturated carbocycles. The summed E-state index contributed by atoms with van der Waals surface area (Å²) in [7, 11) is -4.53. The molecule has 0 aromatic rings. The van der Waals surface area contributed by atoms with Crippen LogP contribution in [0.3, 0.4) is 0 Å². The lowest BCUT2D eigenvalue weighted by atomic mass is 10.0. The minimum atomic E-state index is -4.53. The highest BCUT2D eigenvalue weighted by molar-refractivity contribution is 7.47. The van der Waals surface area contributed by atoms with Gasteiger partial charge in [-0.2, -0.15) is 0 Å². The molecule has 0 aromatic heterocycles. The second kappa shape index (κ2) is 55.0. The predicted octanol–water partition coefficient (Wildman–Crippen LogP) is 17.5. The average Bonchev–Trinajstić information content (AvgIpc) is 3.33. The van der Waals surface area contributed by atoms with E-state index in [0.29, 0.717) is 6.61 Å². The van der Waals surface area contributed by atoms with E-state index >= 15 is 0 Å². The molecule has 9 nitrogen and oxygen atoms in total. The summed E-state index contributed by atoms with van der Waals surface area (Å²) in [5, 5.41) is 18.5. The van der Waals surface area contributed by atoms with Crippen molar-refractivity contribution in [1.82, 2.24) is 0 Å². The summed E-state index contributed by atoms with van der Waals surface area (Å²) in [5.41, 5.74) is 0. The SMILES string of the molecule is CCCCCCC/C=C\C/C=C\CCCCCCCCCCCCCC(=O)OC(COCCCCCCCCCCCCCC/C=C\CCCCCCCCCC)COP(=O)(O)OCC(O)CO. The molecule has 3 N–H and O–H groups in total. The van der Waals surface area contributed by atoms with Gasteiger partial charge in [-0.3, -0.25) is 13.8 Å². The highest BCUT2D eigenvalue weighted by Gasteiger charge is 2.26. The van der Waals surface area contributed by atoms with Crippen LogP contribution in [0.1, 0.15) is 284 Å². The van der Waals surface area contributed by atoms with Gasteiger partial charge in [0.25, 0.3) is 0 Å². The zero-order valence-corrected chi connectivity index (χ0v) is 45.5. The van der Waals surface area contributed by atoms with E-state index in [-0.39, 0.29) is 25.6 Å². The molecular weight excluding hydrogens is 872 g/mol. The number of hydrogen-bond acceptors (Lipinski definition) is 8. The normalized spacial score (nSPS) is 13.9. The molecule has 0 saturated heterocycles. The number of phosphoric acid groups is 1. The Bertz CT molecular complexity index is 1160. The van der Waals surface area contributed by atoms with Gasteiger partial charge in [0.1, 0.15) is 12.2 Å². The van der Waals surface area contributed by atoms with Gasteiger partial charge in [-0.25, -0.2) is 4.57 Å². The number of allylic oxidation sites excluding steroid dienone is 6. The first-order chi connectivity index (χ1) is 33.3. The van der Waals surface area contributed by atoms with E-state index in [1.165, 1.54) is 225 Å². The Morgan fingerprint density at radius 1 is 0.456 bits per heavy atom. The van der Waals surface area contributed by atoms with Gasteiger partial charge in [-0.1, -0.05) is 243 Å². The largest absolute Gasteiger partial charge is 0.472 e. The minimum absolute atomic E-state index is 0.0509. The Hall–Kier alpha value is -1.32. The van der Waals surface area contributed by atoms with Crippen LogP contribution in [0.15, 0.2) is 36.5 Å². The van der Waals surface area contributed by atoms with Crippen molar-refractivity contribution in [3.63, 3.8) is 0 Å². The highest BCUT2D eigenvalue weighted by Crippen LogP contribution is 2.43. The molecule has 0 aliphatic carbocycles. The van der Waals surface area contributed by atoms with Crippen LogP contribution in [0.25, 0.3) is 0 Å². The molecule has 0 aliphatic rings. The summed E-state index contributed by atoms with van der Waals surface area (Å²) in [6.45, 7) is 3.56. The van der Waals surface area contributed by atoms with Gasteiger partial charge in [-0.15, -0.1) is 0 Å². The number of rotatable bonds is 56. The third-order valence-electron chi connectivity index (χ3n) is 12.8. The molecule has 3 unspecified atom stereocenters. The number of aliphatic hydroxyl groups is 2. The van der Waals surface area contributed by atoms with Crippen molar-refractivity contribution in [3.8, 4) is 0 Å².